The van der Waals surface area contributed by atoms with E-state index in [1.54, 1.807) is 36.4 Å². The number of amides is 1. The molecule has 32 heavy (non-hydrogen) atoms. The summed E-state index contributed by atoms with van der Waals surface area (Å²) in [6, 6.07) is 15.7. The predicted molar refractivity (Wildman–Crippen MR) is 128 cm³/mol. The Kier molecular flexibility index (Phi) is 6.66. The van der Waals surface area contributed by atoms with Gasteiger partial charge in [0.1, 0.15) is 10.6 Å². The van der Waals surface area contributed by atoms with E-state index in [1.807, 2.05) is 17.5 Å². The first-order chi connectivity index (χ1) is 15.5. The van der Waals surface area contributed by atoms with Crippen LogP contribution in [-0.2, 0) is 21.2 Å². The Morgan fingerprint density at radius 3 is 2.59 bits per heavy atom. The molecule has 1 fully saturated rings. The van der Waals surface area contributed by atoms with Crippen molar-refractivity contribution >= 4 is 44.3 Å². The SMILES string of the molecule is COc1ccccc1NS(=O)(=O)c1cc(NC(=O)Cc2cccs2)ccc1N1CCCC1. The van der Waals surface area contributed by atoms with E-state index in [9.17, 15) is 13.2 Å². The van der Waals surface area contributed by atoms with Crippen LogP contribution in [0.25, 0.3) is 0 Å². The Labute approximate surface area is 192 Å². The minimum atomic E-state index is -3.94. The van der Waals surface area contributed by atoms with Crippen LogP contribution < -0.4 is 19.7 Å². The maximum atomic E-state index is 13.4. The molecule has 2 aromatic carbocycles. The number of sulfonamides is 1. The number of benzene rings is 2. The lowest BCUT2D eigenvalue weighted by molar-refractivity contribution is -0.115. The number of nitrogens with zero attached hydrogens (tertiary/aromatic N) is 1. The van der Waals surface area contributed by atoms with Gasteiger partial charge in [0.05, 0.1) is 24.9 Å². The highest BCUT2D eigenvalue weighted by molar-refractivity contribution is 7.93. The molecule has 0 aliphatic carbocycles. The first kappa shape index (κ1) is 22.2. The second kappa shape index (κ2) is 9.62. The summed E-state index contributed by atoms with van der Waals surface area (Å²) in [7, 11) is -2.45. The van der Waals surface area contributed by atoms with E-state index in [2.05, 4.69) is 14.9 Å². The van der Waals surface area contributed by atoms with Gasteiger partial charge in [-0.2, -0.15) is 0 Å². The molecule has 9 heteroatoms. The summed E-state index contributed by atoms with van der Waals surface area (Å²) in [5, 5.41) is 4.75. The summed E-state index contributed by atoms with van der Waals surface area (Å²) < 4.78 is 34.8. The molecule has 2 N–H and O–H groups in total. The molecule has 1 aliphatic rings. The average molecular weight is 472 g/mol. The molecule has 0 radical (unpaired) electrons. The first-order valence-corrected chi connectivity index (χ1v) is 12.7. The highest BCUT2D eigenvalue weighted by atomic mass is 32.2. The molecule has 1 aliphatic heterocycles. The van der Waals surface area contributed by atoms with Crippen LogP contribution in [0.2, 0.25) is 0 Å². The van der Waals surface area contributed by atoms with E-state index in [4.69, 9.17) is 4.74 Å². The maximum Gasteiger partial charge on any atom is 0.264 e. The smallest absolute Gasteiger partial charge is 0.264 e. The molecule has 1 amide bonds. The number of ether oxygens (including phenoxy) is 1. The van der Waals surface area contributed by atoms with Gasteiger partial charge >= 0.3 is 0 Å². The van der Waals surface area contributed by atoms with Crippen molar-refractivity contribution in [3.05, 3.63) is 64.9 Å². The van der Waals surface area contributed by atoms with Gasteiger partial charge in [0.2, 0.25) is 5.91 Å². The Morgan fingerprint density at radius 2 is 1.88 bits per heavy atom. The van der Waals surface area contributed by atoms with Gasteiger partial charge in [-0.15, -0.1) is 11.3 Å². The van der Waals surface area contributed by atoms with Crippen LogP contribution in [0.5, 0.6) is 5.75 Å². The Bertz CT molecular complexity index is 1190. The Balaban J connectivity index is 1.65. The average Bonchev–Trinajstić information content (AvgIpc) is 3.48. The van der Waals surface area contributed by atoms with E-state index in [1.165, 1.54) is 24.5 Å². The molecule has 0 spiro atoms. The van der Waals surface area contributed by atoms with E-state index in [0.717, 1.165) is 30.8 Å². The molecule has 0 unspecified atom stereocenters. The molecule has 4 rings (SSSR count). The van der Waals surface area contributed by atoms with Crippen molar-refractivity contribution in [3.8, 4) is 5.75 Å². The Morgan fingerprint density at radius 1 is 1.09 bits per heavy atom. The van der Waals surface area contributed by atoms with Crippen molar-refractivity contribution in [1.82, 2.24) is 0 Å². The molecular weight excluding hydrogens is 446 g/mol. The molecule has 1 aromatic heterocycles. The number of carbonyl (C=O) groups is 1. The van der Waals surface area contributed by atoms with Crippen LogP contribution in [0.15, 0.2) is 64.9 Å². The third-order valence-corrected chi connectivity index (χ3v) is 7.52. The largest absolute Gasteiger partial charge is 0.495 e. The zero-order valence-electron chi connectivity index (χ0n) is 17.7. The third kappa shape index (κ3) is 5.05. The van der Waals surface area contributed by atoms with Crippen LogP contribution in [-0.4, -0.2) is 34.5 Å². The minimum absolute atomic E-state index is 0.124. The predicted octanol–water partition coefficient (Wildman–Crippen LogP) is 4.34. The fraction of sp³-hybridized carbons (Fsp3) is 0.261. The fourth-order valence-electron chi connectivity index (χ4n) is 3.73. The van der Waals surface area contributed by atoms with Crippen molar-refractivity contribution in [2.24, 2.45) is 0 Å². The van der Waals surface area contributed by atoms with Crippen molar-refractivity contribution in [2.75, 3.05) is 35.1 Å². The number of thiophene rings is 1. The molecule has 1 saturated heterocycles. The quantitative estimate of drug-likeness (QED) is 0.510. The van der Waals surface area contributed by atoms with E-state index in [-0.39, 0.29) is 17.2 Å². The van der Waals surface area contributed by atoms with Crippen molar-refractivity contribution < 1.29 is 17.9 Å². The summed E-state index contributed by atoms with van der Waals surface area (Å²) in [5.41, 5.74) is 1.42. The van der Waals surface area contributed by atoms with Crippen LogP contribution >= 0.6 is 11.3 Å². The minimum Gasteiger partial charge on any atom is -0.495 e. The lowest BCUT2D eigenvalue weighted by Gasteiger charge is -2.23. The summed E-state index contributed by atoms with van der Waals surface area (Å²) in [4.78, 5) is 15.6. The molecule has 0 bridgehead atoms. The number of carbonyl (C=O) groups excluding carboxylic acids is 1. The van der Waals surface area contributed by atoms with Crippen molar-refractivity contribution in [1.29, 1.82) is 0 Å². The van der Waals surface area contributed by atoms with Gasteiger partial charge in [0.15, 0.2) is 0 Å². The topological polar surface area (TPSA) is 87.7 Å². The van der Waals surface area contributed by atoms with Gasteiger partial charge in [-0.25, -0.2) is 8.42 Å². The number of hydrogen-bond acceptors (Lipinski definition) is 6. The maximum absolute atomic E-state index is 13.4. The molecule has 7 nitrogen and oxygen atoms in total. The molecule has 2 heterocycles. The Hall–Kier alpha value is -3.04. The van der Waals surface area contributed by atoms with Gasteiger partial charge in [-0.05, 0) is 54.6 Å². The van der Waals surface area contributed by atoms with Crippen LogP contribution in [0.4, 0.5) is 17.1 Å². The van der Waals surface area contributed by atoms with Crippen molar-refractivity contribution in [2.45, 2.75) is 24.2 Å². The highest BCUT2D eigenvalue weighted by Gasteiger charge is 2.25. The highest BCUT2D eigenvalue weighted by Crippen LogP contribution is 2.34. The van der Waals surface area contributed by atoms with E-state index < -0.39 is 10.0 Å². The fourth-order valence-corrected chi connectivity index (χ4v) is 5.76. The summed E-state index contributed by atoms with van der Waals surface area (Å²) in [5.74, 6) is 0.238. The molecule has 168 valence electrons. The summed E-state index contributed by atoms with van der Waals surface area (Å²) >= 11 is 1.51. The monoisotopic (exact) mass is 471 g/mol. The normalized spacial score (nSPS) is 13.7. The molecular formula is C23H25N3O4S2. The second-order valence-electron chi connectivity index (χ2n) is 7.49. The van der Waals surface area contributed by atoms with Crippen LogP contribution in [0.1, 0.15) is 17.7 Å². The zero-order valence-corrected chi connectivity index (χ0v) is 19.3. The second-order valence-corrected chi connectivity index (χ2v) is 10.2. The molecule has 3 aromatic rings. The first-order valence-electron chi connectivity index (χ1n) is 10.3. The number of methoxy groups -OCH3 is 1. The van der Waals surface area contributed by atoms with Crippen LogP contribution in [0.3, 0.4) is 0 Å². The number of nitrogens with one attached hydrogen (secondary N) is 2. The van der Waals surface area contributed by atoms with Gasteiger partial charge < -0.3 is 15.0 Å². The van der Waals surface area contributed by atoms with Gasteiger partial charge in [0, 0.05) is 23.7 Å². The number of hydrogen-bond donors (Lipinski definition) is 2. The number of anilines is 3. The van der Waals surface area contributed by atoms with Crippen LogP contribution in [0, 0.1) is 0 Å². The lowest BCUT2D eigenvalue weighted by atomic mass is 10.2. The summed E-state index contributed by atoms with van der Waals surface area (Å²) in [6.07, 6.45) is 2.27. The standard InChI is InChI=1S/C23H25N3O4S2/c1-30-21-9-3-2-8-19(21)25-32(28,29)22-15-17(10-11-20(22)26-12-4-5-13-26)24-23(27)16-18-7-6-14-31-18/h2-3,6-11,14-15,25H,4-5,12-13,16H2,1H3,(H,24,27). The van der Waals surface area contributed by atoms with Gasteiger partial charge in [0.25, 0.3) is 10.0 Å². The van der Waals surface area contributed by atoms with E-state index in [0.29, 0.717) is 22.8 Å². The summed E-state index contributed by atoms with van der Waals surface area (Å²) in [6.45, 7) is 1.59. The third-order valence-electron chi connectivity index (χ3n) is 5.25. The molecule has 0 atom stereocenters. The van der Waals surface area contributed by atoms with E-state index >= 15 is 0 Å². The lowest BCUT2D eigenvalue weighted by Crippen LogP contribution is -2.23. The number of rotatable bonds is 8. The van der Waals surface area contributed by atoms with Gasteiger partial charge in [-0.1, -0.05) is 18.2 Å². The van der Waals surface area contributed by atoms with Crippen molar-refractivity contribution in [3.63, 3.8) is 0 Å². The number of para-hydroxylation sites is 2. The zero-order chi connectivity index (χ0) is 22.6. The molecule has 0 saturated carbocycles. The van der Waals surface area contributed by atoms with Gasteiger partial charge in [-0.3, -0.25) is 9.52 Å².